The normalized spacial score (nSPS) is 8.09. The third kappa shape index (κ3) is 2.73. The first-order chi connectivity index (χ1) is 5.29. The minimum absolute atomic E-state index is 0.897. The summed E-state index contributed by atoms with van der Waals surface area (Å²) in [6.45, 7) is 5.60. The second-order valence-corrected chi connectivity index (χ2v) is 2.40. The van der Waals surface area contributed by atoms with E-state index in [-0.39, 0.29) is 0 Å². The Balaban J connectivity index is 2.83. The fraction of sp³-hybridized carbons (Fsp3) is 0.0909. The van der Waals surface area contributed by atoms with Crippen molar-refractivity contribution in [2.75, 3.05) is 0 Å². The average molecular weight is 142 g/mol. The van der Waals surface area contributed by atoms with Gasteiger partial charge in [-0.3, -0.25) is 0 Å². The topological polar surface area (TPSA) is 0 Å². The van der Waals surface area contributed by atoms with Gasteiger partial charge >= 0.3 is 0 Å². The summed E-state index contributed by atoms with van der Waals surface area (Å²) in [5.41, 5.74) is 1.93. The van der Waals surface area contributed by atoms with E-state index in [0.717, 1.165) is 11.1 Å². The van der Waals surface area contributed by atoms with E-state index in [1.807, 2.05) is 37.3 Å². The van der Waals surface area contributed by atoms with Crippen LogP contribution in [0.25, 0.3) is 0 Å². The molecule has 0 saturated heterocycles. The number of hydrogen-bond donors (Lipinski definition) is 0. The van der Waals surface area contributed by atoms with Crippen LogP contribution in [-0.2, 0) is 0 Å². The molecular weight excluding hydrogens is 132 g/mol. The SMILES string of the molecule is C=C(C)C#Cc1ccccc1. The zero-order chi connectivity index (χ0) is 8.10. The number of allylic oxidation sites excluding steroid dienone is 1. The van der Waals surface area contributed by atoms with Gasteiger partial charge in [0.15, 0.2) is 0 Å². The van der Waals surface area contributed by atoms with Crippen LogP contribution in [0.2, 0.25) is 0 Å². The van der Waals surface area contributed by atoms with Crippen LogP contribution in [0.5, 0.6) is 0 Å². The second kappa shape index (κ2) is 3.63. The Morgan fingerprint density at radius 2 is 1.91 bits per heavy atom. The Morgan fingerprint density at radius 3 is 2.45 bits per heavy atom. The van der Waals surface area contributed by atoms with Crippen LogP contribution in [0.3, 0.4) is 0 Å². The summed E-state index contributed by atoms with van der Waals surface area (Å²) in [5.74, 6) is 5.91. The van der Waals surface area contributed by atoms with Gasteiger partial charge in [0.25, 0.3) is 0 Å². The quantitative estimate of drug-likeness (QED) is 0.488. The van der Waals surface area contributed by atoms with Crippen LogP contribution < -0.4 is 0 Å². The van der Waals surface area contributed by atoms with E-state index in [1.54, 1.807) is 0 Å². The Morgan fingerprint density at radius 1 is 1.27 bits per heavy atom. The predicted molar refractivity (Wildman–Crippen MR) is 48.1 cm³/mol. The average Bonchev–Trinajstić information content (AvgIpc) is 2.03. The molecule has 1 aromatic carbocycles. The van der Waals surface area contributed by atoms with Crippen LogP contribution >= 0.6 is 0 Å². The summed E-state index contributed by atoms with van der Waals surface area (Å²) in [5, 5.41) is 0. The molecule has 0 heterocycles. The van der Waals surface area contributed by atoms with Crippen LogP contribution in [0.15, 0.2) is 42.5 Å². The van der Waals surface area contributed by atoms with Crippen molar-refractivity contribution in [3.05, 3.63) is 48.0 Å². The van der Waals surface area contributed by atoms with Gasteiger partial charge in [-0.1, -0.05) is 36.6 Å². The lowest BCUT2D eigenvalue weighted by molar-refractivity contribution is 1.60. The molecule has 0 aliphatic rings. The first kappa shape index (κ1) is 7.63. The largest absolute Gasteiger partial charge is 0.0877 e. The fourth-order valence-electron chi connectivity index (χ4n) is 0.700. The molecular formula is C11H10. The molecule has 0 aliphatic carbocycles. The van der Waals surface area contributed by atoms with Gasteiger partial charge in [0.1, 0.15) is 0 Å². The van der Waals surface area contributed by atoms with E-state index < -0.39 is 0 Å². The third-order valence-corrected chi connectivity index (χ3v) is 1.19. The second-order valence-electron chi connectivity index (χ2n) is 2.40. The molecule has 0 spiro atoms. The van der Waals surface area contributed by atoms with E-state index in [4.69, 9.17) is 0 Å². The molecule has 1 aromatic rings. The Kier molecular flexibility index (Phi) is 2.52. The minimum Gasteiger partial charge on any atom is -0.0877 e. The molecule has 0 unspecified atom stereocenters. The van der Waals surface area contributed by atoms with Crippen LogP contribution in [-0.4, -0.2) is 0 Å². The van der Waals surface area contributed by atoms with Crippen molar-refractivity contribution in [3.8, 4) is 11.8 Å². The number of hydrogen-bond acceptors (Lipinski definition) is 0. The summed E-state index contributed by atoms with van der Waals surface area (Å²) in [6.07, 6.45) is 0. The predicted octanol–water partition coefficient (Wildman–Crippen LogP) is 2.61. The summed E-state index contributed by atoms with van der Waals surface area (Å²) in [7, 11) is 0. The Hall–Kier alpha value is -1.48. The molecule has 0 aliphatic heterocycles. The standard InChI is InChI=1S/C11H10/c1-10(2)8-9-11-6-4-3-5-7-11/h3-7H,1H2,2H3. The molecule has 0 radical (unpaired) electrons. The highest BCUT2D eigenvalue weighted by Crippen LogP contribution is 1.95. The molecule has 0 heteroatoms. The monoisotopic (exact) mass is 142 g/mol. The first-order valence-electron chi connectivity index (χ1n) is 3.51. The molecule has 11 heavy (non-hydrogen) atoms. The van der Waals surface area contributed by atoms with Crippen molar-refractivity contribution in [3.63, 3.8) is 0 Å². The van der Waals surface area contributed by atoms with Crippen molar-refractivity contribution in [2.24, 2.45) is 0 Å². The summed E-state index contributed by atoms with van der Waals surface area (Å²) >= 11 is 0. The molecule has 0 saturated carbocycles. The number of rotatable bonds is 0. The van der Waals surface area contributed by atoms with Gasteiger partial charge in [-0.25, -0.2) is 0 Å². The maximum atomic E-state index is 3.70. The third-order valence-electron chi connectivity index (χ3n) is 1.19. The van der Waals surface area contributed by atoms with Crippen LogP contribution in [0, 0.1) is 11.8 Å². The lowest BCUT2D eigenvalue weighted by Gasteiger charge is -1.85. The smallest absolute Gasteiger partial charge is 0.0248 e. The molecule has 0 N–H and O–H groups in total. The molecule has 0 fully saturated rings. The lowest BCUT2D eigenvalue weighted by atomic mass is 10.2. The molecule has 0 atom stereocenters. The van der Waals surface area contributed by atoms with E-state index in [1.165, 1.54) is 0 Å². The van der Waals surface area contributed by atoms with Gasteiger partial charge < -0.3 is 0 Å². The highest BCUT2D eigenvalue weighted by Gasteiger charge is 1.79. The summed E-state index contributed by atoms with van der Waals surface area (Å²) in [6, 6.07) is 9.89. The Bertz CT molecular complexity index is 296. The molecule has 0 bridgehead atoms. The summed E-state index contributed by atoms with van der Waals surface area (Å²) < 4.78 is 0. The Labute approximate surface area is 67.6 Å². The van der Waals surface area contributed by atoms with E-state index >= 15 is 0 Å². The summed E-state index contributed by atoms with van der Waals surface area (Å²) in [4.78, 5) is 0. The van der Waals surface area contributed by atoms with Gasteiger partial charge in [-0.15, -0.1) is 0 Å². The molecule has 0 aromatic heterocycles. The minimum atomic E-state index is 0.897. The molecule has 54 valence electrons. The van der Waals surface area contributed by atoms with Gasteiger partial charge in [-0.2, -0.15) is 0 Å². The van der Waals surface area contributed by atoms with Gasteiger partial charge in [0, 0.05) is 5.56 Å². The van der Waals surface area contributed by atoms with Crippen molar-refractivity contribution in [2.45, 2.75) is 6.92 Å². The number of benzene rings is 1. The van der Waals surface area contributed by atoms with E-state index in [2.05, 4.69) is 18.4 Å². The molecule has 0 nitrogen and oxygen atoms in total. The highest BCUT2D eigenvalue weighted by atomic mass is 13.8. The molecule has 0 amide bonds. The van der Waals surface area contributed by atoms with Crippen molar-refractivity contribution < 1.29 is 0 Å². The van der Waals surface area contributed by atoms with Gasteiger partial charge in [0.05, 0.1) is 0 Å². The first-order valence-corrected chi connectivity index (χ1v) is 3.51. The van der Waals surface area contributed by atoms with E-state index in [9.17, 15) is 0 Å². The van der Waals surface area contributed by atoms with Crippen LogP contribution in [0.4, 0.5) is 0 Å². The molecule has 1 rings (SSSR count). The van der Waals surface area contributed by atoms with Crippen LogP contribution in [0.1, 0.15) is 12.5 Å². The fourth-order valence-corrected chi connectivity index (χ4v) is 0.700. The van der Waals surface area contributed by atoms with Crippen molar-refractivity contribution in [1.82, 2.24) is 0 Å². The zero-order valence-corrected chi connectivity index (χ0v) is 6.59. The van der Waals surface area contributed by atoms with Crippen molar-refractivity contribution >= 4 is 0 Å². The van der Waals surface area contributed by atoms with E-state index in [0.29, 0.717) is 0 Å². The maximum Gasteiger partial charge on any atom is 0.0248 e. The van der Waals surface area contributed by atoms with Crippen molar-refractivity contribution in [1.29, 1.82) is 0 Å². The zero-order valence-electron chi connectivity index (χ0n) is 6.59. The van der Waals surface area contributed by atoms with Gasteiger partial charge in [0.2, 0.25) is 0 Å². The van der Waals surface area contributed by atoms with Gasteiger partial charge in [-0.05, 0) is 24.6 Å². The maximum absolute atomic E-state index is 3.70. The lowest BCUT2D eigenvalue weighted by Crippen LogP contribution is -1.70. The highest BCUT2D eigenvalue weighted by molar-refractivity contribution is 5.38.